The van der Waals surface area contributed by atoms with Crippen molar-refractivity contribution in [1.82, 2.24) is 4.90 Å². The Morgan fingerprint density at radius 2 is 2.67 bits per heavy atom. The van der Waals surface area contributed by atoms with E-state index in [4.69, 9.17) is 5.11 Å². The minimum absolute atomic E-state index is 0.00926. The van der Waals surface area contributed by atoms with Crippen molar-refractivity contribution in [3.8, 4) is 0 Å². The molecule has 3 nitrogen and oxygen atoms in total. The number of hydrogen-bond donors (Lipinski definition) is 1. The number of nitrogens with zero attached hydrogens (tertiary/aromatic N) is 1. The van der Waals surface area contributed by atoms with Gasteiger partial charge in [0.2, 0.25) is 0 Å². The van der Waals surface area contributed by atoms with Crippen LogP contribution in [0.25, 0.3) is 0 Å². The predicted molar refractivity (Wildman–Crippen MR) is 36.2 cm³/mol. The lowest BCUT2D eigenvalue weighted by molar-refractivity contribution is 0.123. The van der Waals surface area contributed by atoms with Gasteiger partial charge in [-0.2, -0.15) is 0 Å². The van der Waals surface area contributed by atoms with Crippen LogP contribution in [0.15, 0.2) is 0 Å². The van der Waals surface area contributed by atoms with Gasteiger partial charge in [-0.1, -0.05) is 11.8 Å². The molecule has 52 valence electrons. The molecule has 1 saturated heterocycles. The van der Waals surface area contributed by atoms with Gasteiger partial charge in [0.25, 0.3) is 5.24 Å². The average molecular weight is 147 g/mol. The lowest BCUT2D eigenvalue weighted by Crippen LogP contribution is -2.31. The molecule has 1 unspecified atom stereocenters. The summed E-state index contributed by atoms with van der Waals surface area (Å²) in [6.45, 7) is 1.78. The van der Waals surface area contributed by atoms with Gasteiger partial charge in [-0.05, 0) is 6.92 Å². The van der Waals surface area contributed by atoms with E-state index in [0.717, 1.165) is 5.75 Å². The molecule has 1 fully saturated rings. The molecular formula is C5H9NO2S. The molecular weight excluding hydrogens is 138 g/mol. The van der Waals surface area contributed by atoms with E-state index in [1.807, 2.05) is 6.92 Å². The summed E-state index contributed by atoms with van der Waals surface area (Å²) in [5, 5.41) is 8.59. The smallest absolute Gasteiger partial charge is 0.283 e. The van der Waals surface area contributed by atoms with Crippen molar-refractivity contribution < 1.29 is 9.90 Å². The molecule has 1 aliphatic heterocycles. The Morgan fingerprint density at radius 3 is 2.89 bits per heavy atom. The van der Waals surface area contributed by atoms with E-state index in [0.29, 0.717) is 0 Å². The summed E-state index contributed by atoms with van der Waals surface area (Å²) >= 11 is 1.27. The summed E-state index contributed by atoms with van der Waals surface area (Å²) in [7, 11) is 0. The normalized spacial score (nSPS) is 27.6. The highest BCUT2D eigenvalue weighted by molar-refractivity contribution is 8.13. The molecule has 0 bridgehead atoms. The zero-order valence-electron chi connectivity index (χ0n) is 5.20. The Balaban J connectivity index is 2.55. The second-order valence-corrected chi connectivity index (χ2v) is 3.01. The lowest BCUT2D eigenvalue weighted by Gasteiger charge is -2.15. The van der Waals surface area contributed by atoms with Gasteiger partial charge in [0, 0.05) is 11.8 Å². The zero-order valence-corrected chi connectivity index (χ0v) is 6.02. The van der Waals surface area contributed by atoms with Crippen LogP contribution in [0.2, 0.25) is 0 Å². The molecule has 4 heteroatoms. The van der Waals surface area contributed by atoms with Gasteiger partial charge < -0.3 is 10.0 Å². The Bertz CT molecular complexity index is 128. The Morgan fingerprint density at radius 1 is 2.00 bits per heavy atom. The fourth-order valence-corrected chi connectivity index (χ4v) is 1.71. The Kier molecular flexibility index (Phi) is 1.97. The topological polar surface area (TPSA) is 40.5 Å². The molecule has 1 N–H and O–H groups in total. The van der Waals surface area contributed by atoms with E-state index < -0.39 is 0 Å². The monoisotopic (exact) mass is 147 g/mol. The molecule has 1 atom stereocenters. The summed E-state index contributed by atoms with van der Waals surface area (Å²) in [5.74, 6) is 0.805. The number of carbonyl (C=O) groups is 1. The molecule has 0 aromatic carbocycles. The minimum atomic E-state index is -0.146. The summed E-state index contributed by atoms with van der Waals surface area (Å²) < 4.78 is 0. The summed E-state index contributed by atoms with van der Waals surface area (Å²) in [4.78, 5) is 12.2. The first-order chi connectivity index (χ1) is 4.25. The van der Waals surface area contributed by atoms with Gasteiger partial charge in [-0.15, -0.1) is 0 Å². The minimum Gasteiger partial charge on any atom is -0.376 e. The van der Waals surface area contributed by atoms with Crippen LogP contribution in [0.4, 0.5) is 4.79 Å². The molecule has 0 aromatic heterocycles. The molecule has 0 spiro atoms. The van der Waals surface area contributed by atoms with E-state index in [2.05, 4.69) is 0 Å². The standard InChI is InChI=1S/C5H9NO2S/c1-4-2-9-5(8)6(4)3-7/h4,7H,2-3H2,1H3. The van der Waals surface area contributed by atoms with Crippen LogP contribution in [0.3, 0.4) is 0 Å². The van der Waals surface area contributed by atoms with Crippen molar-refractivity contribution in [2.75, 3.05) is 12.5 Å². The number of thioether (sulfide) groups is 1. The Hall–Kier alpha value is -0.220. The lowest BCUT2D eigenvalue weighted by atomic mass is 10.4. The maximum Gasteiger partial charge on any atom is 0.283 e. The van der Waals surface area contributed by atoms with Crippen LogP contribution in [-0.4, -0.2) is 33.8 Å². The fraction of sp³-hybridized carbons (Fsp3) is 0.800. The van der Waals surface area contributed by atoms with Crippen LogP contribution in [-0.2, 0) is 0 Å². The third-order valence-electron chi connectivity index (χ3n) is 1.37. The third-order valence-corrected chi connectivity index (χ3v) is 2.50. The maximum absolute atomic E-state index is 10.7. The SMILES string of the molecule is CC1CSC(=O)N1CO. The van der Waals surface area contributed by atoms with Crippen molar-refractivity contribution in [3.05, 3.63) is 0 Å². The second-order valence-electron chi connectivity index (χ2n) is 2.04. The molecule has 1 rings (SSSR count). The molecule has 1 amide bonds. The number of carbonyl (C=O) groups excluding carboxylic acids is 1. The molecule has 0 aliphatic carbocycles. The zero-order chi connectivity index (χ0) is 6.85. The number of hydrogen-bond acceptors (Lipinski definition) is 3. The first-order valence-electron chi connectivity index (χ1n) is 2.80. The van der Waals surface area contributed by atoms with Gasteiger partial charge >= 0.3 is 0 Å². The van der Waals surface area contributed by atoms with Crippen molar-refractivity contribution >= 4 is 17.0 Å². The number of aliphatic hydroxyl groups is 1. The summed E-state index contributed by atoms with van der Waals surface area (Å²) in [6.07, 6.45) is 0. The second kappa shape index (κ2) is 2.58. The van der Waals surface area contributed by atoms with E-state index in [-0.39, 0.29) is 18.0 Å². The maximum atomic E-state index is 10.7. The molecule has 0 aromatic rings. The average Bonchev–Trinajstić information content (AvgIpc) is 2.12. The van der Waals surface area contributed by atoms with Gasteiger partial charge in [-0.3, -0.25) is 4.79 Å². The van der Waals surface area contributed by atoms with Crippen LogP contribution < -0.4 is 0 Å². The molecule has 1 aliphatic rings. The molecule has 0 saturated carbocycles. The van der Waals surface area contributed by atoms with Crippen molar-refractivity contribution in [2.24, 2.45) is 0 Å². The van der Waals surface area contributed by atoms with E-state index in [1.54, 1.807) is 0 Å². The van der Waals surface area contributed by atoms with Crippen LogP contribution >= 0.6 is 11.8 Å². The highest BCUT2D eigenvalue weighted by Gasteiger charge is 2.26. The largest absolute Gasteiger partial charge is 0.376 e. The fourth-order valence-electron chi connectivity index (χ4n) is 0.742. The van der Waals surface area contributed by atoms with Crippen LogP contribution in [0.1, 0.15) is 6.92 Å². The molecule has 1 heterocycles. The first kappa shape index (κ1) is 6.89. The van der Waals surface area contributed by atoms with Gasteiger partial charge in [0.05, 0.1) is 0 Å². The molecule has 0 radical (unpaired) electrons. The predicted octanol–water partition coefficient (Wildman–Crippen LogP) is 0.493. The third kappa shape index (κ3) is 1.19. The number of aliphatic hydroxyl groups excluding tert-OH is 1. The van der Waals surface area contributed by atoms with Gasteiger partial charge in [-0.25, -0.2) is 0 Å². The van der Waals surface area contributed by atoms with E-state index in [1.165, 1.54) is 16.7 Å². The van der Waals surface area contributed by atoms with Crippen molar-refractivity contribution in [1.29, 1.82) is 0 Å². The van der Waals surface area contributed by atoms with Gasteiger partial charge in [0.15, 0.2) is 0 Å². The number of amides is 1. The summed E-state index contributed by atoms with van der Waals surface area (Å²) in [5.41, 5.74) is 0. The Labute approximate surface area is 58.0 Å². The first-order valence-corrected chi connectivity index (χ1v) is 3.78. The van der Waals surface area contributed by atoms with Crippen LogP contribution in [0, 0.1) is 0 Å². The quantitative estimate of drug-likeness (QED) is 0.587. The van der Waals surface area contributed by atoms with E-state index >= 15 is 0 Å². The van der Waals surface area contributed by atoms with E-state index in [9.17, 15) is 4.79 Å². The van der Waals surface area contributed by atoms with Gasteiger partial charge in [0.1, 0.15) is 6.73 Å². The van der Waals surface area contributed by atoms with Crippen molar-refractivity contribution in [2.45, 2.75) is 13.0 Å². The van der Waals surface area contributed by atoms with Crippen molar-refractivity contribution in [3.63, 3.8) is 0 Å². The molecule has 9 heavy (non-hydrogen) atoms. The number of rotatable bonds is 1. The highest BCUT2D eigenvalue weighted by atomic mass is 32.2. The van der Waals surface area contributed by atoms with Crippen LogP contribution in [0.5, 0.6) is 0 Å². The summed E-state index contributed by atoms with van der Waals surface area (Å²) in [6, 6.07) is 0.201. The highest BCUT2D eigenvalue weighted by Crippen LogP contribution is 2.21.